The maximum Gasteiger partial charge on any atom is 0.123 e. The van der Waals surface area contributed by atoms with Gasteiger partial charge in [-0.15, -0.1) is 0 Å². The van der Waals surface area contributed by atoms with Gasteiger partial charge < -0.3 is 10.1 Å². The first-order valence-corrected chi connectivity index (χ1v) is 7.45. The van der Waals surface area contributed by atoms with Crippen LogP contribution in [0.25, 0.3) is 0 Å². The third-order valence-corrected chi connectivity index (χ3v) is 3.67. The van der Waals surface area contributed by atoms with Gasteiger partial charge in [0.15, 0.2) is 0 Å². The van der Waals surface area contributed by atoms with Gasteiger partial charge in [-0.05, 0) is 18.2 Å². The quantitative estimate of drug-likeness (QED) is 0.852. The Balaban J connectivity index is 1.45. The van der Waals surface area contributed by atoms with Crippen LogP contribution in [0.1, 0.15) is 11.3 Å². The molecule has 0 atom stereocenters. The average molecular weight is 283 g/mol. The van der Waals surface area contributed by atoms with Gasteiger partial charge in [-0.1, -0.05) is 24.3 Å². The Bertz CT molecular complexity index is 559. The molecule has 0 unspecified atom stereocenters. The van der Waals surface area contributed by atoms with E-state index in [2.05, 4.69) is 33.4 Å². The molecule has 1 aromatic carbocycles. The van der Waals surface area contributed by atoms with Crippen LogP contribution < -0.4 is 10.1 Å². The van der Waals surface area contributed by atoms with Crippen LogP contribution in [0.2, 0.25) is 0 Å². The second kappa shape index (κ2) is 7.20. The predicted octanol–water partition coefficient (Wildman–Crippen LogP) is 2.07. The molecule has 0 saturated heterocycles. The van der Waals surface area contributed by atoms with E-state index in [0.29, 0.717) is 0 Å². The van der Waals surface area contributed by atoms with Crippen LogP contribution in [-0.4, -0.2) is 36.1 Å². The summed E-state index contributed by atoms with van der Waals surface area (Å²) in [5.41, 5.74) is 2.36. The van der Waals surface area contributed by atoms with Crippen molar-refractivity contribution in [3.05, 3.63) is 59.9 Å². The molecule has 1 aliphatic rings. The normalized spacial score (nSPS) is 15.0. The highest BCUT2D eigenvalue weighted by molar-refractivity contribution is 5.33. The Morgan fingerprint density at radius 2 is 2.05 bits per heavy atom. The Hall–Kier alpha value is -1.91. The van der Waals surface area contributed by atoms with E-state index in [1.54, 1.807) is 0 Å². The summed E-state index contributed by atoms with van der Waals surface area (Å²) in [6, 6.07) is 14.3. The van der Waals surface area contributed by atoms with E-state index in [1.165, 1.54) is 5.56 Å². The molecule has 110 valence electrons. The van der Waals surface area contributed by atoms with E-state index in [9.17, 15) is 0 Å². The van der Waals surface area contributed by atoms with Gasteiger partial charge in [-0.25, -0.2) is 0 Å². The number of hydrogen-bond donors (Lipinski definition) is 1. The minimum Gasteiger partial charge on any atom is -0.492 e. The number of nitrogens with one attached hydrogen (secondary N) is 1. The summed E-state index contributed by atoms with van der Waals surface area (Å²) >= 11 is 0. The molecule has 4 heteroatoms. The van der Waals surface area contributed by atoms with E-state index in [-0.39, 0.29) is 0 Å². The van der Waals surface area contributed by atoms with Crippen molar-refractivity contribution < 1.29 is 4.74 Å². The van der Waals surface area contributed by atoms with Crippen molar-refractivity contribution in [2.24, 2.45) is 0 Å². The molecular weight excluding hydrogens is 262 g/mol. The molecule has 4 nitrogen and oxygen atoms in total. The second-order valence-corrected chi connectivity index (χ2v) is 5.23. The van der Waals surface area contributed by atoms with Gasteiger partial charge in [0.25, 0.3) is 0 Å². The lowest BCUT2D eigenvalue weighted by Gasteiger charge is -2.19. The van der Waals surface area contributed by atoms with Crippen molar-refractivity contribution in [3.63, 3.8) is 0 Å². The fourth-order valence-electron chi connectivity index (χ4n) is 2.53. The standard InChI is InChI=1S/C17H21N3O/c1-2-7-17-15(5-1)14-20(11-12-21-17)10-9-18-13-16-6-3-4-8-19-16/h1-8,18H,9-14H2. The highest BCUT2D eigenvalue weighted by Gasteiger charge is 2.13. The lowest BCUT2D eigenvalue weighted by atomic mass is 10.2. The fourth-order valence-corrected chi connectivity index (χ4v) is 2.53. The highest BCUT2D eigenvalue weighted by atomic mass is 16.5. The highest BCUT2D eigenvalue weighted by Crippen LogP contribution is 2.21. The molecule has 1 N–H and O–H groups in total. The number of para-hydroxylation sites is 1. The van der Waals surface area contributed by atoms with E-state index >= 15 is 0 Å². The van der Waals surface area contributed by atoms with Crippen LogP contribution in [0.4, 0.5) is 0 Å². The molecule has 21 heavy (non-hydrogen) atoms. The number of fused-ring (bicyclic) bond motifs is 1. The Morgan fingerprint density at radius 1 is 1.14 bits per heavy atom. The summed E-state index contributed by atoms with van der Waals surface area (Å²) in [4.78, 5) is 6.74. The minimum absolute atomic E-state index is 0.761. The Labute approximate surface area is 125 Å². The van der Waals surface area contributed by atoms with Crippen molar-refractivity contribution in [1.82, 2.24) is 15.2 Å². The lowest BCUT2D eigenvalue weighted by molar-refractivity contribution is 0.226. The first-order chi connectivity index (χ1) is 10.4. The topological polar surface area (TPSA) is 37.4 Å². The Kier molecular flexibility index (Phi) is 4.82. The average Bonchev–Trinajstić information content (AvgIpc) is 2.74. The molecule has 1 aromatic heterocycles. The van der Waals surface area contributed by atoms with Gasteiger partial charge in [0, 0.05) is 44.5 Å². The predicted molar refractivity (Wildman–Crippen MR) is 83.2 cm³/mol. The number of pyridine rings is 1. The van der Waals surface area contributed by atoms with E-state index in [1.807, 2.05) is 30.5 Å². The number of nitrogens with zero attached hydrogens (tertiary/aromatic N) is 2. The largest absolute Gasteiger partial charge is 0.492 e. The molecule has 0 fully saturated rings. The smallest absolute Gasteiger partial charge is 0.123 e. The lowest BCUT2D eigenvalue weighted by Crippen LogP contribution is -2.33. The van der Waals surface area contributed by atoms with Crippen molar-refractivity contribution >= 4 is 0 Å². The molecular formula is C17H21N3O. The summed E-state index contributed by atoms with van der Waals surface area (Å²) < 4.78 is 5.78. The van der Waals surface area contributed by atoms with Gasteiger partial charge in [0.1, 0.15) is 12.4 Å². The summed E-state index contributed by atoms with van der Waals surface area (Å²) in [5.74, 6) is 1.03. The first-order valence-electron chi connectivity index (χ1n) is 7.45. The van der Waals surface area contributed by atoms with Gasteiger partial charge in [0.2, 0.25) is 0 Å². The van der Waals surface area contributed by atoms with E-state index in [4.69, 9.17) is 4.74 Å². The van der Waals surface area contributed by atoms with Crippen molar-refractivity contribution in [1.29, 1.82) is 0 Å². The monoisotopic (exact) mass is 283 g/mol. The van der Waals surface area contributed by atoms with Gasteiger partial charge in [-0.3, -0.25) is 9.88 Å². The molecule has 0 saturated carbocycles. The van der Waals surface area contributed by atoms with Crippen molar-refractivity contribution in [2.75, 3.05) is 26.2 Å². The van der Waals surface area contributed by atoms with Crippen LogP contribution in [0.3, 0.4) is 0 Å². The molecule has 0 bridgehead atoms. The second-order valence-electron chi connectivity index (χ2n) is 5.23. The zero-order valence-electron chi connectivity index (χ0n) is 12.2. The summed E-state index contributed by atoms with van der Waals surface area (Å²) in [6.45, 7) is 5.49. The molecule has 2 aromatic rings. The van der Waals surface area contributed by atoms with Crippen molar-refractivity contribution in [2.45, 2.75) is 13.1 Å². The molecule has 1 aliphatic heterocycles. The maximum absolute atomic E-state index is 5.78. The minimum atomic E-state index is 0.761. The van der Waals surface area contributed by atoms with Crippen LogP contribution in [-0.2, 0) is 13.1 Å². The van der Waals surface area contributed by atoms with Crippen molar-refractivity contribution in [3.8, 4) is 5.75 Å². The first kappa shape index (κ1) is 14.0. The van der Waals surface area contributed by atoms with Crippen LogP contribution in [0.15, 0.2) is 48.7 Å². The van der Waals surface area contributed by atoms with Crippen LogP contribution in [0, 0.1) is 0 Å². The molecule has 0 radical (unpaired) electrons. The molecule has 3 rings (SSSR count). The number of hydrogen-bond acceptors (Lipinski definition) is 4. The fraction of sp³-hybridized carbons (Fsp3) is 0.353. The number of benzene rings is 1. The maximum atomic E-state index is 5.78. The van der Waals surface area contributed by atoms with E-state index < -0.39 is 0 Å². The third kappa shape index (κ3) is 4.03. The van der Waals surface area contributed by atoms with Gasteiger partial charge >= 0.3 is 0 Å². The van der Waals surface area contributed by atoms with E-state index in [0.717, 1.165) is 50.8 Å². The summed E-state index contributed by atoms with van der Waals surface area (Å²) in [6.07, 6.45) is 1.83. The summed E-state index contributed by atoms with van der Waals surface area (Å²) in [5, 5.41) is 3.45. The van der Waals surface area contributed by atoms with Gasteiger partial charge in [-0.2, -0.15) is 0 Å². The van der Waals surface area contributed by atoms with Crippen LogP contribution >= 0.6 is 0 Å². The molecule has 0 aliphatic carbocycles. The molecule has 0 spiro atoms. The zero-order valence-corrected chi connectivity index (χ0v) is 12.2. The zero-order chi connectivity index (χ0) is 14.3. The molecule has 2 heterocycles. The SMILES string of the molecule is c1ccc(CNCCN2CCOc3ccccc3C2)nc1. The third-order valence-electron chi connectivity index (χ3n) is 3.67. The van der Waals surface area contributed by atoms with Gasteiger partial charge in [0.05, 0.1) is 5.69 Å². The number of ether oxygens (including phenoxy) is 1. The summed E-state index contributed by atoms with van der Waals surface area (Å²) in [7, 11) is 0. The molecule has 0 amide bonds. The number of aromatic nitrogens is 1. The Morgan fingerprint density at radius 3 is 2.95 bits per heavy atom. The van der Waals surface area contributed by atoms with Crippen LogP contribution in [0.5, 0.6) is 5.75 Å². The number of rotatable bonds is 5.